The van der Waals surface area contributed by atoms with Crippen LogP contribution in [0.15, 0.2) is 54.6 Å². The lowest BCUT2D eigenvalue weighted by Crippen LogP contribution is -2.34. The van der Waals surface area contributed by atoms with E-state index in [0.717, 1.165) is 32.6 Å². The molecule has 1 aromatic heterocycles. The van der Waals surface area contributed by atoms with E-state index in [9.17, 15) is 9.59 Å². The molecular formula is C22H21ClN2O2S. The van der Waals surface area contributed by atoms with E-state index in [0.29, 0.717) is 5.02 Å². The number of likely N-dealkylation sites (N-methyl/N-ethyl adjacent to an activating group) is 1. The Morgan fingerprint density at radius 3 is 2.61 bits per heavy atom. The van der Waals surface area contributed by atoms with Crippen LogP contribution in [0.4, 0.5) is 5.69 Å². The number of benzene rings is 2. The van der Waals surface area contributed by atoms with Crippen molar-refractivity contribution in [2.24, 2.45) is 0 Å². The number of halogens is 1. The van der Waals surface area contributed by atoms with Gasteiger partial charge in [-0.05, 0) is 30.2 Å². The van der Waals surface area contributed by atoms with Gasteiger partial charge < -0.3 is 10.2 Å². The molecule has 0 aliphatic heterocycles. The minimum Gasteiger partial charge on any atom is -0.333 e. The molecular weight excluding hydrogens is 392 g/mol. The number of rotatable bonds is 6. The average Bonchev–Trinajstić information content (AvgIpc) is 3.02. The van der Waals surface area contributed by atoms with E-state index in [-0.39, 0.29) is 18.4 Å². The van der Waals surface area contributed by atoms with E-state index in [4.69, 9.17) is 11.6 Å². The van der Waals surface area contributed by atoms with Crippen molar-refractivity contribution >= 4 is 56.6 Å². The summed E-state index contributed by atoms with van der Waals surface area (Å²) in [6.07, 6.45) is 3.98. The quantitative estimate of drug-likeness (QED) is 0.564. The van der Waals surface area contributed by atoms with Crippen molar-refractivity contribution < 1.29 is 9.59 Å². The maximum absolute atomic E-state index is 12.4. The van der Waals surface area contributed by atoms with Crippen LogP contribution in [0, 0.1) is 0 Å². The lowest BCUT2D eigenvalue weighted by atomic mass is 10.1. The molecule has 2 aromatic carbocycles. The molecule has 3 rings (SSSR count). The number of aryl methyl sites for hydroxylation is 1. The van der Waals surface area contributed by atoms with Crippen LogP contribution in [0.3, 0.4) is 0 Å². The highest BCUT2D eigenvalue weighted by molar-refractivity contribution is 7.20. The summed E-state index contributed by atoms with van der Waals surface area (Å²) in [5, 5.41) is 4.49. The number of nitrogens with zero attached hydrogens (tertiary/aromatic N) is 1. The molecule has 0 spiro atoms. The van der Waals surface area contributed by atoms with Gasteiger partial charge in [-0.1, -0.05) is 54.9 Å². The highest BCUT2D eigenvalue weighted by atomic mass is 35.5. The van der Waals surface area contributed by atoms with Crippen LogP contribution in [-0.4, -0.2) is 30.3 Å². The van der Waals surface area contributed by atoms with Gasteiger partial charge in [0.15, 0.2) is 0 Å². The van der Waals surface area contributed by atoms with E-state index in [1.807, 2.05) is 55.5 Å². The van der Waals surface area contributed by atoms with Crippen molar-refractivity contribution in [3.8, 4) is 0 Å². The molecule has 0 bridgehead atoms. The third-order valence-corrected chi connectivity index (χ3v) is 6.02. The second-order valence-electron chi connectivity index (χ2n) is 6.36. The van der Waals surface area contributed by atoms with Crippen LogP contribution in [0.1, 0.15) is 17.4 Å². The first-order chi connectivity index (χ1) is 13.5. The summed E-state index contributed by atoms with van der Waals surface area (Å²) >= 11 is 7.92. The summed E-state index contributed by atoms with van der Waals surface area (Å²) < 4.78 is 1.07. The number of fused-ring (bicyclic) bond motifs is 1. The Morgan fingerprint density at radius 2 is 1.86 bits per heavy atom. The van der Waals surface area contributed by atoms with Crippen molar-refractivity contribution in [1.82, 2.24) is 4.90 Å². The fraction of sp³-hybridized carbons (Fsp3) is 0.182. The summed E-state index contributed by atoms with van der Waals surface area (Å²) in [5.74, 6) is -0.488. The van der Waals surface area contributed by atoms with E-state index < -0.39 is 0 Å². The molecule has 0 unspecified atom stereocenters. The van der Waals surface area contributed by atoms with Crippen molar-refractivity contribution in [2.45, 2.75) is 13.3 Å². The molecule has 0 saturated heterocycles. The van der Waals surface area contributed by atoms with E-state index in [1.54, 1.807) is 13.1 Å². The lowest BCUT2D eigenvalue weighted by Gasteiger charge is -2.16. The maximum Gasteiger partial charge on any atom is 0.246 e. The monoisotopic (exact) mass is 412 g/mol. The molecule has 1 heterocycles. The molecule has 0 saturated carbocycles. The zero-order chi connectivity index (χ0) is 20.1. The van der Waals surface area contributed by atoms with Gasteiger partial charge in [-0.15, -0.1) is 11.3 Å². The Bertz CT molecular complexity index is 1040. The number of amides is 2. The highest BCUT2D eigenvalue weighted by Gasteiger charge is 2.13. The van der Waals surface area contributed by atoms with Crippen molar-refractivity contribution in [2.75, 3.05) is 18.9 Å². The number of para-hydroxylation sites is 1. The van der Waals surface area contributed by atoms with Crippen molar-refractivity contribution in [3.63, 3.8) is 0 Å². The molecule has 144 valence electrons. The van der Waals surface area contributed by atoms with E-state index in [1.165, 1.54) is 22.3 Å². The Kier molecular flexibility index (Phi) is 6.49. The molecule has 0 aliphatic rings. The predicted molar refractivity (Wildman–Crippen MR) is 118 cm³/mol. The molecule has 1 N–H and O–H groups in total. The third kappa shape index (κ3) is 4.61. The van der Waals surface area contributed by atoms with Crippen LogP contribution in [0.25, 0.3) is 16.2 Å². The normalized spacial score (nSPS) is 11.1. The summed E-state index contributed by atoms with van der Waals surface area (Å²) in [5.41, 5.74) is 1.84. The second-order valence-corrected chi connectivity index (χ2v) is 7.82. The van der Waals surface area contributed by atoms with Gasteiger partial charge in [-0.2, -0.15) is 0 Å². The number of hydrogen-bond acceptors (Lipinski definition) is 3. The van der Waals surface area contributed by atoms with Crippen LogP contribution in [0.2, 0.25) is 5.02 Å². The smallest absolute Gasteiger partial charge is 0.246 e. The molecule has 0 aliphatic carbocycles. The van der Waals surface area contributed by atoms with Crippen molar-refractivity contribution in [1.29, 1.82) is 0 Å². The molecule has 4 nitrogen and oxygen atoms in total. The molecule has 3 aromatic rings. The van der Waals surface area contributed by atoms with Crippen LogP contribution in [-0.2, 0) is 16.0 Å². The zero-order valence-electron chi connectivity index (χ0n) is 15.7. The van der Waals surface area contributed by atoms with Gasteiger partial charge in [-0.25, -0.2) is 0 Å². The molecule has 0 atom stereocenters. The largest absolute Gasteiger partial charge is 0.333 e. The second kappa shape index (κ2) is 9.04. The summed E-state index contributed by atoms with van der Waals surface area (Å²) in [6.45, 7) is 2.01. The van der Waals surface area contributed by atoms with Gasteiger partial charge in [0.05, 0.1) is 11.6 Å². The van der Waals surface area contributed by atoms with Gasteiger partial charge in [0, 0.05) is 33.8 Å². The standard InChI is InChI=1S/C22H21ClN2O2S/c1-3-15-8-4-6-10-17(15)24-20(26)14-25(2)21(27)13-12-19-22(23)16-9-5-7-11-18(16)28-19/h4-13H,3,14H2,1-2H3,(H,24,26)/b13-12+. The van der Waals surface area contributed by atoms with Crippen LogP contribution in [0.5, 0.6) is 0 Å². The number of carbonyl (C=O) groups is 2. The van der Waals surface area contributed by atoms with Gasteiger partial charge in [0.2, 0.25) is 11.8 Å². The third-order valence-electron chi connectivity index (χ3n) is 4.37. The van der Waals surface area contributed by atoms with Crippen LogP contribution >= 0.6 is 22.9 Å². The van der Waals surface area contributed by atoms with Crippen LogP contribution < -0.4 is 5.32 Å². The Balaban J connectivity index is 1.63. The highest BCUT2D eigenvalue weighted by Crippen LogP contribution is 2.35. The lowest BCUT2D eigenvalue weighted by molar-refractivity contribution is -0.129. The fourth-order valence-corrected chi connectivity index (χ4v) is 4.25. The Labute approximate surface area is 173 Å². The molecule has 2 amide bonds. The molecule has 0 fully saturated rings. The van der Waals surface area contributed by atoms with Gasteiger partial charge in [0.1, 0.15) is 0 Å². The number of nitrogens with one attached hydrogen (secondary N) is 1. The van der Waals surface area contributed by atoms with E-state index in [2.05, 4.69) is 5.32 Å². The van der Waals surface area contributed by atoms with Gasteiger partial charge in [0.25, 0.3) is 0 Å². The summed E-state index contributed by atoms with van der Waals surface area (Å²) in [6, 6.07) is 15.5. The number of anilines is 1. The number of carbonyl (C=O) groups excluding carboxylic acids is 2. The molecule has 0 radical (unpaired) electrons. The first kappa shape index (κ1) is 20.1. The zero-order valence-corrected chi connectivity index (χ0v) is 17.3. The molecule has 28 heavy (non-hydrogen) atoms. The maximum atomic E-state index is 12.4. The van der Waals surface area contributed by atoms with E-state index >= 15 is 0 Å². The van der Waals surface area contributed by atoms with Crippen molar-refractivity contribution in [3.05, 3.63) is 70.1 Å². The number of thiophene rings is 1. The first-order valence-electron chi connectivity index (χ1n) is 8.97. The minimum absolute atomic E-state index is 0.0264. The summed E-state index contributed by atoms with van der Waals surface area (Å²) in [4.78, 5) is 26.9. The number of hydrogen-bond donors (Lipinski definition) is 1. The predicted octanol–water partition coefficient (Wildman–Crippen LogP) is 5.23. The molecule has 6 heteroatoms. The fourth-order valence-electron chi connectivity index (χ4n) is 2.85. The Morgan fingerprint density at radius 1 is 1.14 bits per heavy atom. The topological polar surface area (TPSA) is 49.4 Å². The minimum atomic E-state index is -0.257. The summed E-state index contributed by atoms with van der Waals surface area (Å²) in [7, 11) is 1.60. The van der Waals surface area contributed by atoms with Gasteiger partial charge in [-0.3, -0.25) is 9.59 Å². The first-order valence-corrected chi connectivity index (χ1v) is 10.2. The van der Waals surface area contributed by atoms with Gasteiger partial charge >= 0.3 is 0 Å². The SMILES string of the molecule is CCc1ccccc1NC(=O)CN(C)C(=O)/C=C/c1sc2ccccc2c1Cl. The Hall–Kier alpha value is -2.63. The average molecular weight is 413 g/mol.